The van der Waals surface area contributed by atoms with E-state index in [-0.39, 0.29) is 24.2 Å². The Labute approximate surface area is 128 Å². The van der Waals surface area contributed by atoms with E-state index in [9.17, 15) is 4.79 Å². The zero-order chi connectivity index (χ0) is 14.7. The number of rotatable bonds is 3. The molecule has 1 aromatic carbocycles. The molecule has 4 nitrogen and oxygen atoms in total. The van der Waals surface area contributed by atoms with Crippen molar-refractivity contribution in [3.63, 3.8) is 0 Å². The van der Waals surface area contributed by atoms with Crippen molar-refractivity contribution in [3.05, 3.63) is 28.7 Å². The highest BCUT2D eigenvalue weighted by molar-refractivity contribution is 9.10. The quantitative estimate of drug-likeness (QED) is 0.874. The summed E-state index contributed by atoms with van der Waals surface area (Å²) in [4.78, 5) is 13.6. The normalized spacial score (nSPS) is 27.9. The summed E-state index contributed by atoms with van der Waals surface area (Å²) in [6, 6.07) is 7.56. The fraction of sp³-hybridized carbons (Fsp3) is 0.533. The predicted molar refractivity (Wildman–Crippen MR) is 82.9 cm³/mol. The van der Waals surface area contributed by atoms with Crippen molar-refractivity contribution in [2.75, 3.05) is 18.4 Å². The van der Waals surface area contributed by atoms with Gasteiger partial charge in [-0.05, 0) is 45.0 Å². The minimum Gasteiger partial charge on any atom is -0.364 e. The van der Waals surface area contributed by atoms with Crippen LogP contribution in [0.4, 0.5) is 5.69 Å². The number of halogens is 1. The summed E-state index contributed by atoms with van der Waals surface area (Å²) >= 11 is 3.39. The number of carbonyl (C=O) groups excluding carboxylic acids is 1. The molecule has 1 aromatic rings. The van der Waals surface area contributed by atoms with Gasteiger partial charge in [0.25, 0.3) is 5.91 Å². The number of nitrogens with one attached hydrogen (secondary N) is 2. The molecule has 1 saturated heterocycles. The fourth-order valence-electron chi connectivity index (χ4n) is 2.64. The Hall–Kier alpha value is -0.910. The van der Waals surface area contributed by atoms with Crippen molar-refractivity contribution in [1.29, 1.82) is 0 Å². The van der Waals surface area contributed by atoms with Crippen LogP contribution in [0.3, 0.4) is 0 Å². The molecule has 20 heavy (non-hydrogen) atoms. The van der Waals surface area contributed by atoms with E-state index >= 15 is 0 Å². The molecular weight excluding hydrogens is 320 g/mol. The van der Waals surface area contributed by atoms with Gasteiger partial charge in [-0.25, -0.2) is 0 Å². The van der Waals surface area contributed by atoms with Crippen molar-refractivity contribution < 1.29 is 14.4 Å². The van der Waals surface area contributed by atoms with Crippen molar-refractivity contribution in [2.24, 2.45) is 0 Å². The zero-order valence-electron chi connectivity index (χ0n) is 12.2. The molecule has 110 valence electrons. The molecule has 0 spiro atoms. The van der Waals surface area contributed by atoms with Gasteiger partial charge in [0.15, 0.2) is 6.04 Å². The molecule has 2 rings (SSSR count). The minimum atomic E-state index is -0.0764. The highest BCUT2D eigenvalue weighted by atomic mass is 79.9. The number of quaternary nitrogens is 1. The van der Waals surface area contributed by atoms with Gasteiger partial charge in [0.2, 0.25) is 0 Å². The molecule has 1 fully saturated rings. The second kappa shape index (κ2) is 6.70. The lowest BCUT2D eigenvalue weighted by atomic mass is 10.1. The third-order valence-electron chi connectivity index (χ3n) is 3.68. The zero-order valence-corrected chi connectivity index (χ0v) is 13.7. The van der Waals surface area contributed by atoms with Gasteiger partial charge >= 0.3 is 0 Å². The molecule has 0 saturated carbocycles. The first-order valence-corrected chi connectivity index (χ1v) is 7.81. The average Bonchev–Trinajstić information content (AvgIpc) is 2.39. The first-order chi connectivity index (χ1) is 9.45. The SMILES string of the molecule is C[C@@H]1C[NH+]([C@@H](C)C(=O)Nc2ccc(Br)cc2)C[C@H](C)O1. The lowest BCUT2D eigenvalue weighted by molar-refractivity contribution is -0.928. The molecule has 1 heterocycles. The molecule has 0 aliphatic carbocycles. The van der Waals surface area contributed by atoms with Crippen molar-refractivity contribution >= 4 is 27.5 Å². The lowest BCUT2D eigenvalue weighted by Crippen LogP contribution is -3.19. The van der Waals surface area contributed by atoms with Crippen LogP contribution in [-0.2, 0) is 9.53 Å². The molecule has 1 unspecified atom stereocenters. The monoisotopic (exact) mass is 341 g/mol. The van der Waals surface area contributed by atoms with E-state index in [0.29, 0.717) is 0 Å². The Morgan fingerprint density at radius 2 is 1.85 bits per heavy atom. The van der Waals surface area contributed by atoms with Crippen LogP contribution in [0, 0.1) is 0 Å². The summed E-state index contributed by atoms with van der Waals surface area (Å²) in [5, 5.41) is 2.97. The van der Waals surface area contributed by atoms with Crippen LogP contribution in [0.25, 0.3) is 0 Å². The number of carbonyl (C=O) groups is 1. The Kier molecular flexibility index (Phi) is 5.18. The number of hydrogen-bond acceptors (Lipinski definition) is 2. The first kappa shape index (κ1) is 15.5. The Bertz CT molecular complexity index is 453. The van der Waals surface area contributed by atoms with E-state index in [0.717, 1.165) is 23.2 Å². The number of anilines is 1. The second-order valence-corrected chi connectivity index (χ2v) is 6.46. The first-order valence-electron chi connectivity index (χ1n) is 7.02. The van der Waals surface area contributed by atoms with Gasteiger partial charge in [0, 0.05) is 10.2 Å². The lowest BCUT2D eigenvalue weighted by Gasteiger charge is -2.35. The Balaban J connectivity index is 1.96. The van der Waals surface area contributed by atoms with Crippen LogP contribution < -0.4 is 10.2 Å². The van der Waals surface area contributed by atoms with Gasteiger partial charge < -0.3 is 15.0 Å². The average molecular weight is 342 g/mol. The maximum absolute atomic E-state index is 12.3. The molecule has 0 aromatic heterocycles. The summed E-state index contributed by atoms with van der Waals surface area (Å²) in [6.45, 7) is 7.86. The minimum absolute atomic E-state index is 0.0589. The van der Waals surface area contributed by atoms with Crippen molar-refractivity contribution in [2.45, 2.75) is 39.0 Å². The summed E-state index contributed by atoms with van der Waals surface area (Å²) in [7, 11) is 0. The number of benzene rings is 1. The van der Waals surface area contributed by atoms with Crippen LogP contribution in [0.15, 0.2) is 28.7 Å². The van der Waals surface area contributed by atoms with E-state index < -0.39 is 0 Å². The molecule has 4 atom stereocenters. The Morgan fingerprint density at radius 1 is 1.30 bits per heavy atom. The van der Waals surface area contributed by atoms with E-state index in [1.165, 1.54) is 4.90 Å². The summed E-state index contributed by atoms with van der Waals surface area (Å²) in [5.74, 6) is 0.0589. The van der Waals surface area contributed by atoms with Gasteiger partial charge in [-0.15, -0.1) is 0 Å². The van der Waals surface area contributed by atoms with Crippen LogP contribution >= 0.6 is 15.9 Å². The topological polar surface area (TPSA) is 42.8 Å². The number of amides is 1. The molecule has 1 aliphatic rings. The van der Waals surface area contributed by atoms with E-state index in [2.05, 4.69) is 35.1 Å². The second-order valence-electron chi connectivity index (χ2n) is 5.54. The van der Waals surface area contributed by atoms with E-state index in [1.54, 1.807) is 0 Å². The fourth-order valence-corrected chi connectivity index (χ4v) is 2.90. The maximum Gasteiger partial charge on any atom is 0.282 e. The van der Waals surface area contributed by atoms with Crippen molar-refractivity contribution in [3.8, 4) is 0 Å². The van der Waals surface area contributed by atoms with Crippen molar-refractivity contribution in [1.82, 2.24) is 0 Å². The largest absolute Gasteiger partial charge is 0.364 e. The third-order valence-corrected chi connectivity index (χ3v) is 4.21. The van der Waals surface area contributed by atoms with Crippen LogP contribution in [0.1, 0.15) is 20.8 Å². The number of hydrogen-bond donors (Lipinski definition) is 2. The number of ether oxygens (including phenoxy) is 1. The van der Waals surface area contributed by atoms with Gasteiger partial charge in [0.1, 0.15) is 25.3 Å². The van der Waals surface area contributed by atoms with Crippen LogP contribution in [0.5, 0.6) is 0 Å². The highest BCUT2D eigenvalue weighted by Crippen LogP contribution is 2.14. The predicted octanol–water partition coefficient (Wildman–Crippen LogP) is 1.47. The molecule has 0 bridgehead atoms. The van der Waals surface area contributed by atoms with E-state index in [1.807, 2.05) is 31.2 Å². The van der Waals surface area contributed by atoms with Gasteiger partial charge in [-0.2, -0.15) is 0 Å². The molecule has 2 N–H and O–H groups in total. The van der Waals surface area contributed by atoms with Gasteiger partial charge in [-0.1, -0.05) is 15.9 Å². The summed E-state index contributed by atoms with van der Waals surface area (Å²) in [6.07, 6.45) is 0.411. The van der Waals surface area contributed by atoms with Gasteiger partial charge in [0.05, 0.1) is 0 Å². The standard InChI is InChI=1S/C15H21BrN2O2/c1-10-8-18(9-11(2)20-10)12(3)15(19)17-14-6-4-13(16)5-7-14/h4-7,10-12H,8-9H2,1-3H3,(H,17,19)/p+1/t10-,11+,12-/m0/s1. The van der Waals surface area contributed by atoms with E-state index in [4.69, 9.17) is 4.74 Å². The Morgan fingerprint density at radius 3 is 2.40 bits per heavy atom. The number of morpholine rings is 1. The molecule has 1 amide bonds. The van der Waals surface area contributed by atoms with Gasteiger partial charge in [-0.3, -0.25) is 4.79 Å². The molecular formula is C15H22BrN2O2+. The molecule has 0 radical (unpaired) electrons. The summed E-state index contributed by atoms with van der Waals surface area (Å²) in [5.41, 5.74) is 0.832. The highest BCUT2D eigenvalue weighted by Gasteiger charge is 2.32. The maximum atomic E-state index is 12.3. The molecule has 5 heteroatoms. The van der Waals surface area contributed by atoms with Crippen LogP contribution in [0.2, 0.25) is 0 Å². The third kappa shape index (κ3) is 4.04. The molecule has 1 aliphatic heterocycles. The summed E-state index contributed by atoms with van der Waals surface area (Å²) < 4.78 is 6.72. The smallest absolute Gasteiger partial charge is 0.282 e. The van der Waals surface area contributed by atoms with Crippen LogP contribution in [-0.4, -0.2) is 37.2 Å².